The van der Waals surface area contributed by atoms with E-state index in [-0.39, 0.29) is 0 Å². The maximum Gasteiger partial charge on any atom is 0.0443 e. The molecule has 1 heterocycles. The molecule has 2 nitrogen and oxygen atoms in total. The fourth-order valence-corrected chi connectivity index (χ4v) is 3.38. The third-order valence-corrected chi connectivity index (χ3v) is 3.90. The van der Waals surface area contributed by atoms with E-state index < -0.39 is 0 Å². The lowest BCUT2D eigenvalue weighted by molar-refractivity contribution is 0.203. The van der Waals surface area contributed by atoms with E-state index in [1.807, 2.05) is 0 Å². The number of hydrogen-bond donors (Lipinski definition) is 1. The number of aliphatic hydroxyl groups excluding tert-OH is 1. The van der Waals surface area contributed by atoms with Gasteiger partial charge in [-0.3, -0.25) is 0 Å². The molecule has 0 aromatic carbocycles. The van der Waals surface area contributed by atoms with Crippen LogP contribution in [0.1, 0.15) is 27.2 Å². The third kappa shape index (κ3) is 1.82. The zero-order valence-corrected chi connectivity index (χ0v) is 9.66. The average Bonchev–Trinajstić information content (AvgIpc) is 2.62. The average molecular weight is 197 g/mol. The summed E-state index contributed by atoms with van der Waals surface area (Å²) in [4.78, 5) is 2.52. The molecule has 0 aromatic rings. The highest BCUT2D eigenvalue weighted by molar-refractivity contribution is 5.08. The second-order valence-corrected chi connectivity index (χ2v) is 6.06. The van der Waals surface area contributed by atoms with Crippen molar-refractivity contribution in [2.45, 2.75) is 27.2 Å². The summed E-state index contributed by atoms with van der Waals surface area (Å²) in [6, 6.07) is 0. The van der Waals surface area contributed by atoms with Gasteiger partial charge < -0.3 is 10.0 Å². The zero-order chi connectivity index (χ0) is 10.3. The summed E-state index contributed by atoms with van der Waals surface area (Å²) in [5.74, 6) is 2.90. The molecule has 0 spiro atoms. The van der Waals surface area contributed by atoms with Crippen LogP contribution < -0.4 is 0 Å². The van der Waals surface area contributed by atoms with Crippen LogP contribution in [0.3, 0.4) is 0 Å². The molecule has 1 saturated carbocycles. The Bertz CT molecular complexity index is 197. The Hall–Kier alpha value is -0.0800. The molecule has 0 bridgehead atoms. The number of fused-ring (bicyclic) bond motifs is 1. The van der Waals surface area contributed by atoms with Crippen LogP contribution >= 0.6 is 0 Å². The molecular weight excluding hydrogens is 174 g/mol. The zero-order valence-electron chi connectivity index (χ0n) is 9.66. The van der Waals surface area contributed by atoms with Gasteiger partial charge in [0.25, 0.3) is 0 Å². The first kappa shape index (κ1) is 10.4. The van der Waals surface area contributed by atoms with Crippen molar-refractivity contribution in [3.63, 3.8) is 0 Å². The summed E-state index contributed by atoms with van der Waals surface area (Å²) in [7, 11) is 0. The molecule has 0 aromatic heterocycles. The number of piperidine rings is 1. The molecule has 1 aliphatic carbocycles. The van der Waals surface area contributed by atoms with Crippen LogP contribution in [-0.2, 0) is 0 Å². The van der Waals surface area contributed by atoms with Gasteiger partial charge >= 0.3 is 0 Å². The lowest BCUT2D eigenvalue weighted by Crippen LogP contribution is -2.29. The van der Waals surface area contributed by atoms with Gasteiger partial charge in [-0.15, -0.1) is 0 Å². The van der Waals surface area contributed by atoms with Gasteiger partial charge in [-0.05, 0) is 29.6 Å². The maximum atomic E-state index is 8.76. The minimum atomic E-state index is 0.342. The van der Waals surface area contributed by atoms with E-state index in [0.29, 0.717) is 12.0 Å². The second kappa shape index (κ2) is 3.49. The number of nitrogens with zero attached hydrogens (tertiary/aromatic N) is 1. The summed E-state index contributed by atoms with van der Waals surface area (Å²) in [6.07, 6.45) is 0.944. The van der Waals surface area contributed by atoms with Crippen molar-refractivity contribution in [3.8, 4) is 0 Å². The van der Waals surface area contributed by atoms with Crippen molar-refractivity contribution >= 4 is 0 Å². The fourth-order valence-electron chi connectivity index (χ4n) is 3.38. The van der Waals surface area contributed by atoms with E-state index in [2.05, 4.69) is 25.7 Å². The normalized spacial score (nSPS) is 37.3. The molecule has 1 aliphatic heterocycles. The summed E-state index contributed by atoms with van der Waals surface area (Å²) in [5, 5.41) is 8.76. The van der Waals surface area contributed by atoms with Gasteiger partial charge in [0, 0.05) is 26.2 Å². The van der Waals surface area contributed by atoms with Crippen LogP contribution in [0.2, 0.25) is 0 Å². The van der Waals surface area contributed by atoms with E-state index >= 15 is 0 Å². The molecule has 1 N–H and O–H groups in total. The van der Waals surface area contributed by atoms with Gasteiger partial charge in [-0.2, -0.15) is 0 Å². The van der Waals surface area contributed by atoms with Crippen LogP contribution in [0, 0.1) is 23.2 Å². The Morgan fingerprint density at radius 1 is 1.21 bits per heavy atom. The van der Waals surface area contributed by atoms with E-state index in [1.165, 1.54) is 13.1 Å². The Labute approximate surface area is 87.3 Å². The van der Waals surface area contributed by atoms with Crippen LogP contribution in [0.5, 0.6) is 0 Å². The quantitative estimate of drug-likeness (QED) is 0.743. The standard InChI is InChI=1S/C12H23NO/c1-12(2,3)11-9-7-13(5-4-6-14)8-10(9)11/h9-11,14H,4-8H2,1-3H3/t9-,10+,11+. The van der Waals surface area contributed by atoms with Crippen LogP contribution in [-0.4, -0.2) is 36.2 Å². The second-order valence-electron chi connectivity index (χ2n) is 6.06. The molecule has 3 atom stereocenters. The lowest BCUT2D eigenvalue weighted by Gasteiger charge is -2.25. The molecule has 0 radical (unpaired) electrons. The summed E-state index contributed by atoms with van der Waals surface area (Å²) >= 11 is 0. The number of rotatable bonds is 3. The lowest BCUT2D eigenvalue weighted by atomic mass is 9.87. The Morgan fingerprint density at radius 3 is 2.21 bits per heavy atom. The Balaban J connectivity index is 1.76. The molecule has 0 amide bonds. The van der Waals surface area contributed by atoms with Crippen LogP contribution in [0.15, 0.2) is 0 Å². The highest BCUT2D eigenvalue weighted by Gasteiger charge is 2.59. The highest BCUT2D eigenvalue weighted by atomic mass is 16.3. The monoisotopic (exact) mass is 197 g/mol. The molecular formula is C12H23NO. The van der Waals surface area contributed by atoms with Gasteiger partial charge in [0.2, 0.25) is 0 Å². The maximum absolute atomic E-state index is 8.76. The topological polar surface area (TPSA) is 23.5 Å². The van der Waals surface area contributed by atoms with E-state index in [4.69, 9.17) is 5.11 Å². The fraction of sp³-hybridized carbons (Fsp3) is 1.00. The third-order valence-electron chi connectivity index (χ3n) is 3.90. The van der Waals surface area contributed by atoms with Crippen molar-refractivity contribution in [1.82, 2.24) is 4.90 Å². The van der Waals surface area contributed by atoms with Gasteiger partial charge in [0.05, 0.1) is 0 Å². The number of hydrogen-bond acceptors (Lipinski definition) is 2. The van der Waals surface area contributed by atoms with Crippen molar-refractivity contribution in [2.24, 2.45) is 23.2 Å². The molecule has 2 heteroatoms. The first-order valence-corrected chi connectivity index (χ1v) is 5.87. The molecule has 1 saturated heterocycles. The molecule has 2 fully saturated rings. The highest BCUT2D eigenvalue weighted by Crippen LogP contribution is 2.59. The molecule has 2 rings (SSSR count). The van der Waals surface area contributed by atoms with Gasteiger partial charge in [-0.1, -0.05) is 20.8 Å². The summed E-state index contributed by atoms with van der Waals surface area (Å²) in [6.45, 7) is 11.1. The first-order chi connectivity index (χ1) is 6.54. The van der Waals surface area contributed by atoms with E-state index in [0.717, 1.165) is 30.7 Å². The Kier molecular flexibility index (Phi) is 2.61. The van der Waals surface area contributed by atoms with Crippen molar-refractivity contribution in [3.05, 3.63) is 0 Å². The van der Waals surface area contributed by atoms with Crippen molar-refractivity contribution in [1.29, 1.82) is 0 Å². The molecule has 14 heavy (non-hydrogen) atoms. The SMILES string of the molecule is CC(C)(C)[C@H]1[C@@H]2CN(CCCO)C[C@@H]21. The summed E-state index contributed by atoms with van der Waals surface area (Å²) in [5.41, 5.74) is 0.512. The van der Waals surface area contributed by atoms with Gasteiger partial charge in [-0.25, -0.2) is 0 Å². The van der Waals surface area contributed by atoms with Crippen molar-refractivity contribution < 1.29 is 5.11 Å². The smallest absolute Gasteiger partial charge is 0.0443 e. The predicted molar refractivity (Wildman–Crippen MR) is 58.1 cm³/mol. The van der Waals surface area contributed by atoms with Crippen LogP contribution in [0.4, 0.5) is 0 Å². The molecule has 0 unspecified atom stereocenters. The van der Waals surface area contributed by atoms with Gasteiger partial charge in [0.15, 0.2) is 0 Å². The van der Waals surface area contributed by atoms with E-state index in [9.17, 15) is 0 Å². The minimum absolute atomic E-state index is 0.342. The number of likely N-dealkylation sites (tertiary alicyclic amines) is 1. The first-order valence-electron chi connectivity index (χ1n) is 5.87. The predicted octanol–water partition coefficient (Wildman–Crippen LogP) is 1.59. The minimum Gasteiger partial charge on any atom is -0.396 e. The van der Waals surface area contributed by atoms with Crippen LogP contribution in [0.25, 0.3) is 0 Å². The Morgan fingerprint density at radius 2 is 1.79 bits per heavy atom. The number of aliphatic hydroxyl groups is 1. The molecule has 2 aliphatic rings. The van der Waals surface area contributed by atoms with Gasteiger partial charge in [0.1, 0.15) is 0 Å². The van der Waals surface area contributed by atoms with E-state index in [1.54, 1.807) is 0 Å². The summed E-state index contributed by atoms with van der Waals surface area (Å²) < 4.78 is 0. The largest absolute Gasteiger partial charge is 0.396 e. The molecule has 82 valence electrons. The van der Waals surface area contributed by atoms with Crippen molar-refractivity contribution in [2.75, 3.05) is 26.2 Å².